The molecule has 0 amide bonds. The molecule has 1 aromatic heterocycles. The average molecular weight is 549 g/mol. The third kappa shape index (κ3) is 8.10. The minimum atomic E-state index is -4.93. The Morgan fingerprint density at radius 2 is 1.86 bits per heavy atom. The van der Waals surface area contributed by atoms with Crippen LogP contribution >= 0.6 is 11.6 Å². The van der Waals surface area contributed by atoms with E-state index >= 15 is 0 Å². The summed E-state index contributed by atoms with van der Waals surface area (Å²) >= 11 is 5.97. The number of nitrogens with one attached hydrogen (secondary N) is 1. The summed E-state index contributed by atoms with van der Waals surface area (Å²) in [6, 6.07) is 8.91. The van der Waals surface area contributed by atoms with Gasteiger partial charge in [-0.1, -0.05) is 37.6 Å². The first-order valence-electron chi connectivity index (χ1n) is 10.9. The number of sulfone groups is 1. The van der Waals surface area contributed by atoms with Crippen LogP contribution in [0.3, 0.4) is 0 Å². The molecule has 3 N–H and O–H groups in total. The predicted octanol–water partition coefficient (Wildman–Crippen LogP) is 3.73. The second-order valence-corrected chi connectivity index (χ2v) is 10.1. The smallest absolute Gasteiger partial charge is 0.432 e. The molecule has 1 heterocycles. The van der Waals surface area contributed by atoms with E-state index in [1.165, 1.54) is 30.3 Å². The van der Waals surface area contributed by atoms with E-state index in [1.54, 1.807) is 6.07 Å². The first kappa shape index (κ1) is 29.4. The van der Waals surface area contributed by atoms with Crippen molar-refractivity contribution in [2.75, 3.05) is 39.0 Å². The lowest BCUT2D eigenvalue weighted by Gasteiger charge is -2.17. The number of hydrogen-bond donors (Lipinski definition) is 2. The predicted molar refractivity (Wildman–Crippen MR) is 133 cm³/mol. The Bertz CT molecular complexity index is 1240. The molecule has 1 aromatic carbocycles. The van der Waals surface area contributed by atoms with E-state index in [4.69, 9.17) is 22.1 Å². The number of nitrogens with zero attached hydrogens (tertiary/aromatic N) is 2. The summed E-state index contributed by atoms with van der Waals surface area (Å²) in [7, 11) is -3.48. The van der Waals surface area contributed by atoms with Gasteiger partial charge in [0.2, 0.25) is 0 Å². The topological polar surface area (TPSA) is 118 Å². The standard InChI is InChI=1S/C23H28ClF3N4O4S/c1-4-31(5-2)11-12-35-19(32)14-29-21(20(24)22(28)23(25,26)27)18-10-9-17(30-18)15-7-6-8-16(13-15)36(3,33)34/h6-10,13,30H,4-5,11-12,14,28H2,1-3H3/b22-20+,29-21?. The molecule has 0 aliphatic rings. The Morgan fingerprint density at radius 3 is 2.44 bits per heavy atom. The van der Waals surface area contributed by atoms with E-state index < -0.39 is 45.0 Å². The highest BCUT2D eigenvalue weighted by Crippen LogP contribution is 2.29. The van der Waals surface area contributed by atoms with Crippen molar-refractivity contribution < 1.29 is 31.1 Å². The molecule has 2 rings (SSSR count). The lowest BCUT2D eigenvalue weighted by atomic mass is 10.2. The van der Waals surface area contributed by atoms with Crippen molar-refractivity contribution in [3.63, 3.8) is 0 Å². The number of aromatic nitrogens is 1. The van der Waals surface area contributed by atoms with Gasteiger partial charge in [0, 0.05) is 18.5 Å². The molecule has 0 aliphatic carbocycles. The summed E-state index contributed by atoms with van der Waals surface area (Å²) in [5, 5.41) is -0.892. The van der Waals surface area contributed by atoms with Gasteiger partial charge in [0.05, 0.1) is 15.6 Å². The maximum absolute atomic E-state index is 13.2. The number of aromatic amines is 1. The molecule has 13 heteroatoms. The van der Waals surface area contributed by atoms with Crippen LogP contribution in [0.1, 0.15) is 19.5 Å². The lowest BCUT2D eigenvalue weighted by molar-refractivity contribution is -0.142. The summed E-state index contributed by atoms with van der Waals surface area (Å²) < 4.78 is 68.5. The normalized spacial score (nSPS) is 13.6. The van der Waals surface area contributed by atoms with Crippen LogP contribution in [0.2, 0.25) is 0 Å². The summed E-state index contributed by atoms with van der Waals surface area (Å²) in [5.74, 6) is -0.748. The van der Waals surface area contributed by atoms with Crippen molar-refractivity contribution in [2.24, 2.45) is 10.7 Å². The first-order valence-corrected chi connectivity index (χ1v) is 13.2. The molecule has 8 nitrogen and oxygen atoms in total. The number of carbonyl (C=O) groups excluding carboxylic acids is 1. The molecular formula is C23H28ClF3N4O4S. The highest BCUT2D eigenvalue weighted by Gasteiger charge is 2.35. The van der Waals surface area contributed by atoms with Crippen molar-refractivity contribution in [2.45, 2.75) is 24.9 Å². The molecule has 0 saturated carbocycles. The Hall–Kier alpha value is -2.83. The largest absolute Gasteiger partial charge is 0.463 e. The summed E-state index contributed by atoms with van der Waals surface area (Å²) in [6.45, 7) is 5.48. The number of ether oxygens (including phenoxy) is 1. The van der Waals surface area contributed by atoms with Gasteiger partial charge in [0.25, 0.3) is 0 Å². The van der Waals surface area contributed by atoms with Gasteiger partial charge in [0.15, 0.2) is 9.84 Å². The zero-order valence-electron chi connectivity index (χ0n) is 20.0. The molecule has 0 bridgehead atoms. The molecule has 0 saturated heterocycles. The fraction of sp³-hybridized carbons (Fsp3) is 0.391. The Balaban J connectivity index is 2.37. The van der Waals surface area contributed by atoms with Crippen LogP contribution in [0.4, 0.5) is 13.2 Å². The van der Waals surface area contributed by atoms with Crippen LogP contribution in [-0.4, -0.2) is 75.2 Å². The van der Waals surface area contributed by atoms with Crippen LogP contribution in [0.15, 0.2) is 57.0 Å². The van der Waals surface area contributed by atoms with Gasteiger partial charge in [0.1, 0.15) is 24.6 Å². The maximum Gasteiger partial charge on any atom is 0.432 e. The Labute approximate surface area is 212 Å². The van der Waals surface area contributed by atoms with Crippen LogP contribution in [0, 0.1) is 0 Å². The van der Waals surface area contributed by atoms with Crippen LogP contribution < -0.4 is 5.73 Å². The third-order valence-corrected chi connectivity index (χ3v) is 6.69. The third-order valence-electron chi connectivity index (χ3n) is 5.20. The molecule has 0 spiro atoms. The molecule has 0 atom stereocenters. The molecule has 2 aromatic rings. The Morgan fingerprint density at radius 1 is 1.19 bits per heavy atom. The first-order chi connectivity index (χ1) is 16.8. The maximum atomic E-state index is 13.2. The summed E-state index contributed by atoms with van der Waals surface area (Å²) in [5.41, 5.74) is 4.14. The number of aliphatic imine (C=N–C) groups is 1. The second-order valence-electron chi connectivity index (χ2n) is 7.72. The van der Waals surface area contributed by atoms with E-state index in [-0.39, 0.29) is 17.2 Å². The van der Waals surface area contributed by atoms with Gasteiger partial charge in [-0.15, -0.1) is 0 Å². The van der Waals surface area contributed by atoms with Crippen molar-refractivity contribution in [1.29, 1.82) is 0 Å². The van der Waals surface area contributed by atoms with Gasteiger partial charge in [-0.2, -0.15) is 13.2 Å². The minimum Gasteiger partial charge on any atom is -0.463 e. The van der Waals surface area contributed by atoms with E-state index in [2.05, 4.69) is 9.98 Å². The van der Waals surface area contributed by atoms with Crippen molar-refractivity contribution in [3.05, 3.63) is 52.8 Å². The number of alkyl halides is 3. The molecule has 36 heavy (non-hydrogen) atoms. The molecule has 0 fully saturated rings. The number of nitrogens with two attached hydrogens (primary N) is 1. The molecule has 0 unspecified atom stereocenters. The van der Waals surface area contributed by atoms with E-state index in [0.717, 1.165) is 19.3 Å². The summed E-state index contributed by atoms with van der Waals surface area (Å²) in [4.78, 5) is 21.1. The fourth-order valence-electron chi connectivity index (χ4n) is 3.14. The van der Waals surface area contributed by atoms with Gasteiger partial charge in [-0.25, -0.2) is 8.42 Å². The number of allylic oxidation sites excluding steroid dienone is 2. The minimum absolute atomic E-state index is 0.0444. The van der Waals surface area contributed by atoms with Gasteiger partial charge in [-0.3, -0.25) is 9.79 Å². The van der Waals surface area contributed by atoms with Crippen molar-refractivity contribution in [3.8, 4) is 11.3 Å². The summed E-state index contributed by atoms with van der Waals surface area (Å²) in [6.07, 6.45) is -3.87. The molecular weight excluding hydrogens is 521 g/mol. The molecule has 0 aliphatic heterocycles. The number of esters is 1. The zero-order valence-corrected chi connectivity index (χ0v) is 21.6. The van der Waals surface area contributed by atoms with Gasteiger partial charge in [-0.05, 0) is 42.9 Å². The highest BCUT2D eigenvalue weighted by atomic mass is 35.5. The fourth-order valence-corrected chi connectivity index (χ4v) is 4.07. The number of rotatable bonds is 11. The van der Waals surface area contributed by atoms with Crippen molar-refractivity contribution in [1.82, 2.24) is 9.88 Å². The van der Waals surface area contributed by atoms with E-state index in [1.807, 2.05) is 18.7 Å². The average Bonchev–Trinajstić information content (AvgIpc) is 3.30. The van der Waals surface area contributed by atoms with Crippen LogP contribution in [0.5, 0.6) is 0 Å². The lowest BCUT2D eigenvalue weighted by Crippen LogP contribution is -2.28. The van der Waals surface area contributed by atoms with Crippen molar-refractivity contribution >= 4 is 33.1 Å². The van der Waals surface area contributed by atoms with E-state index in [0.29, 0.717) is 17.8 Å². The Kier molecular flexibility index (Phi) is 10.1. The second kappa shape index (κ2) is 12.4. The quantitative estimate of drug-likeness (QED) is 0.326. The van der Waals surface area contributed by atoms with Crippen LogP contribution in [-0.2, 0) is 19.4 Å². The van der Waals surface area contributed by atoms with Gasteiger partial charge >= 0.3 is 12.1 Å². The SMILES string of the molecule is CCN(CC)CCOC(=O)CN=C(/C(Cl)=C(\N)C(F)(F)F)c1ccc(-c2cccc(S(C)(=O)=O)c2)[nH]1. The number of likely N-dealkylation sites (N-methyl/N-ethyl adjacent to an activating group) is 1. The number of hydrogen-bond acceptors (Lipinski definition) is 7. The number of benzene rings is 1. The zero-order chi connectivity index (χ0) is 27.1. The number of H-pyrrole nitrogens is 1. The highest BCUT2D eigenvalue weighted by molar-refractivity contribution is 7.90. The van der Waals surface area contributed by atoms with E-state index in [9.17, 15) is 26.4 Å². The monoisotopic (exact) mass is 548 g/mol. The van der Waals surface area contributed by atoms with Crippen LogP contribution in [0.25, 0.3) is 11.3 Å². The van der Waals surface area contributed by atoms with Gasteiger partial charge < -0.3 is 20.4 Å². The molecule has 0 radical (unpaired) electrons. The molecule has 198 valence electrons. The number of halogens is 4. The number of carbonyl (C=O) groups is 1.